The molecular formula is C18H22ClN5O2. The van der Waals surface area contributed by atoms with Gasteiger partial charge in [-0.1, -0.05) is 23.7 Å². The van der Waals surface area contributed by atoms with E-state index in [0.717, 1.165) is 12.1 Å². The first-order valence-corrected chi connectivity index (χ1v) is 8.93. The van der Waals surface area contributed by atoms with Crippen molar-refractivity contribution in [2.45, 2.75) is 32.5 Å². The van der Waals surface area contributed by atoms with E-state index < -0.39 is 0 Å². The Morgan fingerprint density at radius 3 is 2.88 bits per heavy atom. The Labute approximate surface area is 157 Å². The predicted octanol–water partition coefficient (Wildman–Crippen LogP) is 2.50. The molecule has 1 unspecified atom stereocenters. The number of hydrogen-bond acceptors (Lipinski definition) is 3. The monoisotopic (exact) mass is 375 g/mol. The van der Waals surface area contributed by atoms with E-state index in [9.17, 15) is 9.59 Å². The summed E-state index contributed by atoms with van der Waals surface area (Å²) in [6, 6.07) is 6.76. The lowest BCUT2D eigenvalue weighted by Crippen LogP contribution is -2.43. The number of benzene rings is 1. The number of halogens is 1. The Kier molecular flexibility index (Phi) is 5.46. The zero-order chi connectivity index (χ0) is 18.7. The summed E-state index contributed by atoms with van der Waals surface area (Å²) in [5, 5.41) is 7.66. The van der Waals surface area contributed by atoms with Crippen molar-refractivity contribution in [1.82, 2.24) is 20.0 Å². The highest BCUT2D eigenvalue weighted by Gasteiger charge is 2.33. The third-order valence-electron chi connectivity index (χ3n) is 4.37. The van der Waals surface area contributed by atoms with Crippen LogP contribution < -0.4 is 10.2 Å². The third kappa shape index (κ3) is 3.99. The minimum absolute atomic E-state index is 0.0460. The molecule has 0 saturated carbocycles. The minimum atomic E-state index is -0.243. The van der Waals surface area contributed by atoms with Crippen LogP contribution in [0.5, 0.6) is 0 Å². The number of hydrogen-bond donors (Lipinski definition) is 1. The summed E-state index contributed by atoms with van der Waals surface area (Å²) in [5.41, 5.74) is 1.64. The van der Waals surface area contributed by atoms with E-state index in [1.165, 1.54) is 0 Å². The van der Waals surface area contributed by atoms with E-state index in [-0.39, 0.29) is 24.4 Å². The second-order valence-corrected chi connectivity index (χ2v) is 6.77. The maximum Gasteiger partial charge on any atom is 0.317 e. The molecule has 3 amide bonds. The van der Waals surface area contributed by atoms with Gasteiger partial charge in [-0.3, -0.25) is 9.48 Å². The smallest absolute Gasteiger partial charge is 0.317 e. The fraction of sp³-hybridized carbons (Fsp3) is 0.389. The molecule has 1 aliphatic rings. The van der Waals surface area contributed by atoms with Crippen LogP contribution in [0.2, 0.25) is 5.02 Å². The number of anilines is 1. The highest BCUT2D eigenvalue weighted by Crippen LogP contribution is 2.29. The van der Waals surface area contributed by atoms with Crippen molar-refractivity contribution in [3.8, 4) is 0 Å². The number of carbonyl (C=O) groups is 2. The topological polar surface area (TPSA) is 70.5 Å². The highest BCUT2D eigenvalue weighted by atomic mass is 35.5. The van der Waals surface area contributed by atoms with Crippen LogP contribution in [-0.4, -0.2) is 46.3 Å². The van der Waals surface area contributed by atoms with Crippen LogP contribution in [0.25, 0.3) is 0 Å². The van der Waals surface area contributed by atoms with Crippen molar-refractivity contribution in [1.29, 1.82) is 0 Å². The maximum absolute atomic E-state index is 12.4. The van der Waals surface area contributed by atoms with E-state index in [0.29, 0.717) is 23.8 Å². The third-order valence-corrected chi connectivity index (χ3v) is 4.69. The summed E-state index contributed by atoms with van der Waals surface area (Å²) in [4.78, 5) is 27.9. The molecule has 2 heterocycles. The molecule has 0 radical (unpaired) electrons. The Morgan fingerprint density at radius 1 is 1.42 bits per heavy atom. The summed E-state index contributed by atoms with van der Waals surface area (Å²) < 4.78 is 1.82. The standard InChI is InChI=1S/C18H22ClN5O2/c1-3-23-11-13(9-20-23)10-22(2)18(26)21-14-8-17(25)24(12-14)16-7-5-4-6-15(16)19/h4-7,9,11,14H,3,8,10,12H2,1-2H3,(H,21,26). The van der Waals surface area contributed by atoms with Gasteiger partial charge in [0.25, 0.3) is 0 Å². The van der Waals surface area contributed by atoms with Gasteiger partial charge in [0.2, 0.25) is 5.91 Å². The second-order valence-electron chi connectivity index (χ2n) is 6.37. The van der Waals surface area contributed by atoms with Gasteiger partial charge in [0.1, 0.15) is 0 Å². The van der Waals surface area contributed by atoms with Gasteiger partial charge in [0.15, 0.2) is 0 Å². The first-order valence-electron chi connectivity index (χ1n) is 8.55. The van der Waals surface area contributed by atoms with Gasteiger partial charge in [-0.05, 0) is 19.1 Å². The summed E-state index contributed by atoms with van der Waals surface area (Å²) in [5.74, 6) is -0.0460. The van der Waals surface area contributed by atoms with Gasteiger partial charge in [0, 0.05) is 38.3 Å². The molecule has 1 fully saturated rings. The molecular weight excluding hydrogens is 354 g/mol. The lowest BCUT2D eigenvalue weighted by Gasteiger charge is -2.21. The number of carbonyl (C=O) groups excluding carboxylic acids is 2. The summed E-state index contributed by atoms with van der Waals surface area (Å²) in [6.45, 7) is 3.67. The molecule has 1 aromatic heterocycles. The average molecular weight is 376 g/mol. The molecule has 1 atom stereocenters. The van der Waals surface area contributed by atoms with Crippen LogP contribution in [0.3, 0.4) is 0 Å². The second kappa shape index (κ2) is 7.78. The van der Waals surface area contributed by atoms with Crippen molar-refractivity contribution in [3.05, 3.63) is 47.2 Å². The van der Waals surface area contributed by atoms with Crippen molar-refractivity contribution in [2.75, 3.05) is 18.5 Å². The normalized spacial score (nSPS) is 16.8. The number of aryl methyl sites for hydroxylation is 1. The van der Waals surface area contributed by atoms with E-state index in [4.69, 9.17) is 11.6 Å². The number of para-hydroxylation sites is 1. The molecule has 3 rings (SSSR count). The van der Waals surface area contributed by atoms with E-state index >= 15 is 0 Å². The fourth-order valence-corrected chi connectivity index (χ4v) is 3.24. The Balaban J connectivity index is 1.58. The molecule has 0 spiro atoms. The predicted molar refractivity (Wildman–Crippen MR) is 100 cm³/mol. The van der Waals surface area contributed by atoms with Crippen molar-refractivity contribution in [2.24, 2.45) is 0 Å². The molecule has 8 heteroatoms. The van der Waals surface area contributed by atoms with Gasteiger partial charge in [-0.2, -0.15) is 5.10 Å². The lowest BCUT2D eigenvalue weighted by atomic mass is 10.2. The molecule has 1 N–H and O–H groups in total. The molecule has 1 aliphatic heterocycles. The molecule has 7 nitrogen and oxygen atoms in total. The number of rotatable bonds is 5. The van der Waals surface area contributed by atoms with E-state index in [1.807, 2.05) is 36.0 Å². The average Bonchev–Trinajstić information content (AvgIpc) is 3.21. The van der Waals surface area contributed by atoms with Gasteiger partial charge in [-0.25, -0.2) is 4.79 Å². The van der Waals surface area contributed by atoms with Crippen LogP contribution in [0.1, 0.15) is 18.9 Å². The SMILES string of the molecule is CCn1cc(CN(C)C(=O)NC2CC(=O)N(c3ccccc3Cl)C2)cn1. The van der Waals surface area contributed by atoms with E-state index in [2.05, 4.69) is 10.4 Å². The Morgan fingerprint density at radius 2 is 2.19 bits per heavy atom. The Hall–Kier alpha value is -2.54. The number of aromatic nitrogens is 2. The zero-order valence-electron chi connectivity index (χ0n) is 14.9. The molecule has 0 bridgehead atoms. The van der Waals surface area contributed by atoms with Gasteiger partial charge in [0.05, 0.1) is 29.5 Å². The Bertz CT molecular complexity index is 806. The molecule has 0 aliphatic carbocycles. The molecule has 1 saturated heterocycles. The van der Waals surface area contributed by atoms with Crippen LogP contribution >= 0.6 is 11.6 Å². The maximum atomic E-state index is 12.4. The number of amides is 3. The van der Waals surface area contributed by atoms with Crippen LogP contribution in [-0.2, 0) is 17.9 Å². The number of nitrogens with one attached hydrogen (secondary N) is 1. The number of urea groups is 1. The quantitative estimate of drug-likeness (QED) is 0.872. The first kappa shape index (κ1) is 18.3. The summed E-state index contributed by atoms with van der Waals surface area (Å²) in [7, 11) is 1.72. The summed E-state index contributed by atoms with van der Waals surface area (Å²) >= 11 is 6.18. The minimum Gasteiger partial charge on any atom is -0.333 e. The van der Waals surface area contributed by atoms with Gasteiger partial charge < -0.3 is 15.1 Å². The number of nitrogens with zero attached hydrogens (tertiary/aromatic N) is 4. The van der Waals surface area contributed by atoms with Crippen LogP contribution in [0, 0.1) is 0 Å². The lowest BCUT2D eigenvalue weighted by molar-refractivity contribution is -0.117. The largest absolute Gasteiger partial charge is 0.333 e. The van der Waals surface area contributed by atoms with Crippen LogP contribution in [0.4, 0.5) is 10.5 Å². The zero-order valence-corrected chi connectivity index (χ0v) is 15.6. The van der Waals surface area contributed by atoms with E-state index in [1.54, 1.807) is 29.1 Å². The molecule has 138 valence electrons. The van der Waals surface area contributed by atoms with Crippen molar-refractivity contribution in [3.63, 3.8) is 0 Å². The highest BCUT2D eigenvalue weighted by molar-refractivity contribution is 6.33. The van der Waals surface area contributed by atoms with Crippen molar-refractivity contribution < 1.29 is 9.59 Å². The molecule has 1 aromatic carbocycles. The van der Waals surface area contributed by atoms with Crippen molar-refractivity contribution >= 4 is 29.2 Å². The molecule has 2 aromatic rings. The van der Waals surface area contributed by atoms with Gasteiger partial charge >= 0.3 is 6.03 Å². The fourth-order valence-electron chi connectivity index (χ4n) is 3.00. The first-order chi connectivity index (χ1) is 12.5. The summed E-state index contributed by atoms with van der Waals surface area (Å²) in [6.07, 6.45) is 3.94. The van der Waals surface area contributed by atoms with Gasteiger partial charge in [-0.15, -0.1) is 0 Å². The molecule has 26 heavy (non-hydrogen) atoms. The van der Waals surface area contributed by atoms with Crippen LogP contribution in [0.15, 0.2) is 36.7 Å².